The van der Waals surface area contributed by atoms with Crippen molar-refractivity contribution in [1.29, 1.82) is 0 Å². The van der Waals surface area contributed by atoms with Gasteiger partial charge in [0.2, 0.25) is 0 Å². The second-order valence-electron chi connectivity index (χ2n) is 7.75. The number of fused-ring (bicyclic) bond motifs is 1. The number of nitrogens with one attached hydrogen (secondary N) is 1. The molecule has 0 saturated carbocycles. The van der Waals surface area contributed by atoms with E-state index in [0.29, 0.717) is 28.8 Å². The van der Waals surface area contributed by atoms with Gasteiger partial charge in [0, 0.05) is 25.0 Å². The number of rotatable bonds is 5. The number of aliphatic hydroxyl groups is 1. The molecule has 0 fully saturated rings. The molecule has 3 heterocycles. The Morgan fingerprint density at radius 1 is 1.25 bits per heavy atom. The summed E-state index contributed by atoms with van der Waals surface area (Å²) < 4.78 is 18.9. The van der Waals surface area contributed by atoms with Crippen LogP contribution in [0, 0.1) is 5.82 Å². The number of aromatic nitrogens is 6. The van der Waals surface area contributed by atoms with Crippen LogP contribution in [-0.4, -0.2) is 34.2 Å². The Bertz CT molecular complexity index is 1460. The summed E-state index contributed by atoms with van der Waals surface area (Å²) in [6.07, 6.45) is 0. The number of aliphatic hydroxyl groups excluding tert-OH is 1. The molecular formula is C21H22ClFN6O3. The average Bonchev–Trinajstić information content (AvgIpc) is 3.20. The SMILES string of the molecule is CCn1c(CO)nn(-c2cc3c(C(C)C)cc(-c4c(Cl)c(=O)[nH]n4C)nc3cc2F)c1=O. The molecule has 1 aromatic carbocycles. The summed E-state index contributed by atoms with van der Waals surface area (Å²) in [5, 5.41) is 16.8. The Labute approximate surface area is 186 Å². The van der Waals surface area contributed by atoms with E-state index in [1.807, 2.05) is 13.8 Å². The largest absolute Gasteiger partial charge is 0.388 e. The van der Waals surface area contributed by atoms with Crippen molar-refractivity contribution in [2.75, 3.05) is 0 Å². The summed E-state index contributed by atoms with van der Waals surface area (Å²) in [7, 11) is 1.64. The molecule has 9 nitrogen and oxygen atoms in total. The summed E-state index contributed by atoms with van der Waals surface area (Å²) in [6.45, 7) is 5.54. The van der Waals surface area contributed by atoms with Gasteiger partial charge in [0.1, 0.15) is 23.0 Å². The average molecular weight is 461 g/mol. The summed E-state index contributed by atoms with van der Waals surface area (Å²) in [4.78, 5) is 29.2. The Kier molecular flexibility index (Phi) is 5.51. The molecule has 4 rings (SSSR count). The van der Waals surface area contributed by atoms with Gasteiger partial charge >= 0.3 is 5.69 Å². The molecule has 0 aliphatic rings. The molecule has 32 heavy (non-hydrogen) atoms. The van der Waals surface area contributed by atoms with Gasteiger partial charge in [-0.05, 0) is 30.5 Å². The smallest absolute Gasteiger partial charge is 0.350 e. The van der Waals surface area contributed by atoms with E-state index in [9.17, 15) is 14.7 Å². The number of aromatic amines is 1. The van der Waals surface area contributed by atoms with Crippen LogP contribution in [0.5, 0.6) is 0 Å². The molecule has 0 amide bonds. The molecule has 168 valence electrons. The highest BCUT2D eigenvalue weighted by Crippen LogP contribution is 2.33. The first-order valence-electron chi connectivity index (χ1n) is 10.1. The number of hydrogen-bond donors (Lipinski definition) is 2. The standard InChI is InChI=1S/C21H22ClFN6O3/c1-5-28-17(9-30)25-29(21(28)32)16-7-12-11(10(2)3)6-15(24-14(12)8-13(16)23)19-18(22)20(31)26-27(19)4/h6-8,10,30H,5,9H2,1-4H3,(H,26,31). The zero-order valence-electron chi connectivity index (χ0n) is 18.0. The second-order valence-corrected chi connectivity index (χ2v) is 8.13. The van der Waals surface area contributed by atoms with Crippen molar-refractivity contribution >= 4 is 22.5 Å². The summed E-state index contributed by atoms with van der Waals surface area (Å²) in [5.74, 6) is -0.527. The third kappa shape index (κ3) is 3.35. The molecule has 0 aliphatic carbocycles. The number of H-pyrrole nitrogens is 1. The lowest BCUT2D eigenvalue weighted by atomic mass is 9.96. The molecule has 0 atom stereocenters. The van der Waals surface area contributed by atoms with Crippen LogP contribution in [0.1, 0.15) is 38.1 Å². The fourth-order valence-electron chi connectivity index (χ4n) is 3.85. The van der Waals surface area contributed by atoms with E-state index in [0.717, 1.165) is 10.2 Å². The summed E-state index contributed by atoms with van der Waals surface area (Å²) >= 11 is 6.18. The molecule has 3 aromatic heterocycles. The maximum atomic E-state index is 15.2. The fraction of sp³-hybridized carbons (Fsp3) is 0.333. The van der Waals surface area contributed by atoms with E-state index < -0.39 is 23.7 Å². The van der Waals surface area contributed by atoms with Gasteiger partial charge in [0.05, 0.1) is 11.2 Å². The van der Waals surface area contributed by atoms with Gasteiger partial charge < -0.3 is 5.11 Å². The number of nitrogens with zero attached hydrogens (tertiary/aromatic N) is 5. The van der Waals surface area contributed by atoms with Gasteiger partial charge in [-0.1, -0.05) is 25.4 Å². The van der Waals surface area contributed by atoms with E-state index in [4.69, 9.17) is 11.6 Å². The molecule has 0 radical (unpaired) electrons. The summed E-state index contributed by atoms with van der Waals surface area (Å²) in [5.41, 5.74) is 0.991. The van der Waals surface area contributed by atoms with Gasteiger partial charge in [-0.2, -0.15) is 4.68 Å². The molecule has 4 aromatic rings. The van der Waals surface area contributed by atoms with Crippen molar-refractivity contribution < 1.29 is 9.50 Å². The number of benzene rings is 1. The molecule has 2 N–H and O–H groups in total. The van der Waals surface area contributed by atoms with Crippen LogP contribution in [0.3, 0.4) is 0 Å². The van der Waals surface area contributed by atoms with E-state index in [1.165, 1.54) is 21.4 Å². The Hall–Kier alpha value is -3.24. The van der Waals surface area contributed by atoms with Crippen LogP contribution in [0.2, 0.25) is 5.02 Å². The zero-order chi connectivity index (χ0) is 23.3. The van der Waals surface area contributed by atoms with Gasteiger partial charge in [-0.3, -0.25) is 19.1 Å². The van der Waals surface area contributed by atoms with Crippen molar-refractivity contribution in [2.24, 2.45) is 7.05 Å². The van der Waals surface area contributed by atoms with Crippen molar-refractivity contribution in [3.05, 3.63) is 61.3 Å². The lowest BCUT2D eigenvalue weighted by molar-refractivity contribution is 0.264. The number of pyridine rings is 1. The lowest BCUT2D eigenvalue weighted by Crippen LogP contribution is -2.24. The van der Waals surface area contributed by atoms with Gasteiger partial charge in [0.25, 0.3) is 5.56 Å². The Morgan fingerprint density at radius 2 is 1.97 bits per heavy atom. The van der Waals surface area contributed by atoms with Crippen molar-refractivity contribution in [3.8, 4) is 17.1 Å². The van der Waals surface area contributed by atoms with Crippen LogP contribution in [0.25, 0.3) is 28.0 Å². The van der Waals surface area contributed by atoms with Crippen molar-refractivity contribution in [3.63, 3.8) is 0 Å². The molecule has 0 saturated heterocycles. The first kappa shape index (κ1) is 22.0. The van der Waals surface area contributed by atoms with Crippen LogP contribution in [-0.2, 0) is 20.2 Å². The summed E-state index contributed by atoms with van der Waals surface area (Å²) in [6, 6.07) is 4.56. The van der Waals surface area contributed by atoms with E-state index >= 15 is 4.39 Å². The predicted octanol–water partition coefficient (Wildman–Crippen LogP) is 2.70. The lowest BCUT2D eigenvalue weighted by Gasteiger charge is -2.14. The minimum Gasteiger partial charge on any atom is -0.388 e. The van der Waals surface area contributed by atoms with E-state index in [2.05, 4.69) is 15.2 Å². The molecular weight excluding hydrogens is 439 g/mol. The number of halogens is 2. The molecule has 11 heteroatoms. The van der Waals surface area contributed by atoms with E-state index in [1.54, 1.807) is 20.0 Å². The fourth-order valence-corrected chi connectivity index (χ4v) is 4.11. The van der Waals surface area contributed by atoms with Crippen molar-refractivity contribution in [1.82, 2.24) is 29.1 Å². The zero-order valence-corrected chi connectivity index (χ0v) is 18.7. The Morgan fingerprint density at radius 3 is 2.50 bits per heavy atom. The maximum Gasteiger partial charge on any atom is 0.350 e. The monoisotopic (exact) mass is 460 g/mol. The molecule has 0 spiro atoms. The predicted molar refractivity (Wildman–Crippen MR) is 119 cm³/mol. The number of hydrogen-bond acceptors (Lipinski definition) is 5. The maximum absolute atomic E-state index is 15.2. The van der Waals surface area contributed by atoms with Gasteiger partial charge in [0.15, 0.2) is 11.6 Å². The van der Waals surface area contributed by atoms with Crippen LogP contribution in [0.15, 0.2) is 27.8 Å². The molecule has 0 unspecified atom stereocenters. The molecule has 0 bridgehead atoms. The first-order chi connectivity index (χ1) is 15.2. The quantitative estimate of drug-likeness (QED) is 0.475. The second kappa shape index (κ2) is 8.03. The highest BCUT2D eigenvalue weighted by Gasteiger charge is 2.21. The van der Waals surface area contributed by atoms with Gasteiger partial charge in [-0.15, -0.1) is 5.10 Å². The normalized spacial score (nSPS) is 11.8. The minimum absolute atomic E-state index is 0.000612. The minimum atomic E-state index is -0.696. The van der Waals surface area contributed by atoms with Crippen molar-refractivity contribution in [2.45, 2.75) is 39.8 Å². The van der Waals surface area contributed by atoms with E-state index in [-0.39, 0.29) is 22.5 Å². The van der Waals surface area contributed by atoms with Gasteiger partial charge in [-0.25, -0.2) is 14.2 Å². The third-order valence-corrected chi connectivity index (χ3v) is 5.76. The first-order valence-corrected chi connectivity index (χ1v) is 10.4. The van der Waals surface area contributed by atoms with Crippen LogP contribution in [0.4, 0.5) is 4.39 Å². The molecule has 0 aliphatic heterocycles. The third-order valence-electron chi connectivity index (χ3n) is 5.41. The number of aryl methyl sites for hydroxylation is 1. The van der Waals surface area contributed by atoms with Crippen LogP contribution < -0.4 is 11.2 Å². The highest BCUT2D eigenvalue weighted by molar-refractivity contribution is 6.32. The topological polar surface area (TPSA) is 111 Å². The van der Waals surface area contributed by atoms with Crippen LogP contribution >= 0.6 is 11.6 Å². The Balaban J connectivity index is 2.01. The highest BCUT2D eigenvalue weighted by atomic mass is 35.5.